The van der Waals surface area contributed by atoms with Crippen LogP contribution >= 0.6 is 0 Å². The zero-order valence-corrected chi connectivity index (χ0v) is 74.0. The molecule has 567 valence electrons. The van der Waals surface area contributed by atoms with Gasteiger partial charge >= 0.3 is 12.1 Å². The van der Waals surface area contributed by atoms with Gasteiger partial charge in [-0.2, -0.15) is 13.2 Å². The maximum Gasteiger partial charge on any atom is 0.400 e. The molecule has 7 radical (unpaired) electrons. The zero-order chi connectivity index (χ0) is 70.7. The molecule has 0 saturated carbocycles. The second kappa shape index (κ2) is 47.2. The topological polar surface area (TPSA) is 229 Å². The smallest absolute Gasteiger partial charge is 0.400 e. The average Bonchev–Trinajstić information content (AvgIpc) is 1.73. The van der Waals surface area contributed by atoms with Gasteiger partial charge in [0.05, 0.1) is 36.6 Å². The Bertz CT molecular complexity index is 4630. The Labute approximate surface area is 710 Å². The van der Waals surface area contributed by atoms with Gasteiger partial charge < -0.3 is 86.6 Å². The van der Waals surface area contributed by atoms with Gasteiger partial charge in [0.2, 0.25) is 0 Å². The Morgan fingerprint density at radius 3 is 1.17 bits per heavy atom. The van der Waals surface area contributed by atoms with Gasteiger partial charge in [0.15, 0.2) is 0 Å². The molecule has 0 N–H and O–H groups in total. The third kappa shape index (κ3) is 28.1. The van der Waals surface area contributed by atoms with Crippen LogP contribution in [0.3, 0.4) is 0 Å². The number of hydrogen-bond acceptors (Lipinski definition) is 15. The van der Waals surface area contributed by atoms with Gasteiger partial charge in [-0.25, -0.2) is 10.2 Å². The fourth-order valence-electron chi connectivity index (χ4n) is 8.58. The van der Waals surface area contributed by atoms with Crippen LogP contribution in [-0.4, -0.2) is 109 Å². The van der Waals surface area contributed by atoms with Crippen molar-refractivity contribution in [3.63, 3.8) is 0 Å². The van der Waals surface area contributed by atoms with Crippen molar-refractivity contribution in [2.45, 2.75) is 58.5 Å². The van der Waals surface area contributed by atoms with E-state index in [4.69, 9.17) is 11.3 Å². The molecule has 0 amide bonds. The monoisotopic (exact) mass is 2690 g/mol. The summed E-state index contributed by atoms with van der Waals surface area (Å²) >= 11 is 0. The average molecular weight is 2680 g/mol. The third-order valence-electron chi connectivity index (χ3n) is 13.1. The van der Waals surface area contributed by atoms with E-state index in [-0.39, 0.29) is 163 Å². The quantitative estimate of drug-likeness (QED) is 0.0966. The number of ether oxygens (including phenoxy) is 1. The van der Waals surface area contributed by atoms with Crippen LogP contribution in [0.15, 0.2) is 244 Å². The van der Waals surface area contributed by atoms with Crippen molar-refractivity contribution in [1.29, 1.82) is 0 Å². The summed E-state index contributed by atoms with van der Waals surface area (Å²) in [5.41, 5.74) is 2.21. The maximum atomic E-state index is 12.4. The molecule has 34 heteroatoms. The van der Waals surface area contributed by atoms with Gasteiger partial charge in [0.25, 0.3) is 0 Å². The maximum absolute atomic E-state index is 12.4. The van der Waals surface area contributed by atoms with E-state index in [1.807, 2.05) is 135 Å². The number of methoxy groups -OCH3 is 1. The molecule has 0 bridgehead atoms. The number of halogens is 4. The van der Waals surface area contributed by atoms with Crippen LogP contribution in [0.2, 0.25) is 0 Å². The van der Waals surface area contributed by atoms with E-state index >= 15 is 0 Å². The van der Waals surface area contributed by atoms with Gasteiger partial charge in [-0.3, -0.25) is 14.4 Å². The Morgan fingerprint density at radius 1 is 0.393 bits per heavy atom. The van der Waals surface area contributed by atoms with Gasteiger partial charge in [-0.15, -0.1) is 17.6 Å². The minimum absolute atomic E-state index is 0. The predicted octanol–water partition coefficient (Wildman–Crippen LogP) is 13.4. The largest absolute Gasteiger partial charge is 0.536 e. The molecule has 0 atom stereocenters. The molecule has 0 spiro atoms. The number of nitrogens with zero attached hydrogens (tertiary/aromatic N) is 22. The number of aromatic nitrogens is 21. The van der Waals surface area contributed by atoms with Crippen molar-refractivity contribution in [2.24, 2.45) is 0 Å². The first kappa shape index (κ1) is 94.4. The first-order valence-electron chi connectivity index (χ1n) is 30.2. The molecule has 0 aliphatic carbocycles. The molecule has 0 saturated heterocycles. The molecule has 107 heavy (non-hydrogen) atoms. The molecule has 14 aromatic heterocycles. The van der Waals surface area contributed by atoms with Gasteiger partial charge in [-0.1, -0.05) is 206 Å². The van der Waals surface area contributed by atoms with Crippen LogP contribution in [0.4, 0.5) is 23.5 Å². The SMILES string of the molecule is CC(C)(C)c1cn[c-]n1-c1ccccn1.CC(C)(C)c1nc[c-]n1-c1ccccn1.COc1c[c-]n(-c2ccccn2)n1.FC(F)(F)c1nc[c-]n1-c1ccccn1.Fc1c[c-]n(-c2ccccn2)n1.[C-]#[N+]c1nc[c-]n1-c1ccccn1.[Ir].[Ir].[Ir].[Ir].[Ir].[Ir].[Ir].[c-]1cnc(-c2ccccc2)n1-c1ccccn1. The molecular weight excluding hydrogens is 2620 g/mol. The second-order valence-corrected chi connectivity index (χ2v) is 22.3. The van der Waals surface area contributed by atoms with E-state index in [9.17, 15) is 17.6 Å². The van der Waals surface area contributed by atoms with Crippen LogP contribution in [0.1, 0.15) is 58.9 Å². The summed E-state index contributed by atoms with van der Waals surface area (Å²) in [6.45, 7) is 19.7. The van der Waals surface area contributed by atoms with Gasteiger partial charge in [0.1, 0.15) is 17.7 Å². The Morgan fingerprint density at radius 2 is 0.766 bits per heavy atom. The third-order valence-corrected chi connectivity index (χ3v) is 13.1. The summed E-state index contributed by atoms with van der Waals surface area (Å²) in [4.78, 5) is 51.8. The summed E-state index contributed by atoms with van der Waals surface area (Å²) in [7, 11) is 1.57. The number of benzene rings is 1. The number of imidazole rings is 5. The minimum Gasteiger partial charge on any atom is -0.536 e. The van der Waals surface area contributed by atoms with E-state index < -0.39 is 17.9 Å². The van der Waals surface area contributed by atoms with Gasteiger partial charge in [0, 0.05) is 226 Å². The molecule has 0 fully saturated rings. The van der Waals surface area contributed by atoms with E-state index in [2.05, 4.69) is 160 Å². The molecule has 15 rings (SSSR count). The number of pyridine rings is 7. The van der Waals surface area contributed by atoms with E-state index in [1.54, 1.807) is 104 Å². The molecule has 0 unspecified atom stereocenters. The van der Waals surface area contributed by atoms with Gasteiger partial charge in [-0.05, 0) is 77.4 Å². The molecular formula is C73H61F4Ir7N22O-7. The molecule has 0 aliphatic heterocycles. The first-order valence-corrected chi connectivity index (χ1v) is 30.2. The molecule has 14 heterocycles. The molecule has 15 aromatic rings. The van der Waals surface area contributed by atoms with Crippen LogP contribution < -0.4 is 4.74 Å². The Balaban J connectivity index is 0.000000420. The summed E-state index contributed by atoms with van der Waals surface area (Å²) < 4.78 is 65.4. The summed E-state index contributed by atoms with van der Waals surface area (Å²) in [5.74, 6) is 5.68. The fourth-order valence-corrected chi connectivity index (χ4v) is 8.58. The van der Waals surface area contributed by atoms with Crippen molar-refractivity contribution in [1.82, 2.24) is 102 Å². The Hall–Kier alpha value is -8.70. The van der Waals surface area contributed by atoms with Crippen molar-refractivity contribution in [2.75, 3.05) is 7.11 Å². The van der Waals surface area contributed by atoms with Crippen molar-refractivity contribution >= 4 is 5.95 Å². The summed E-state index contributed by atoms with van der Waals surface area (Å²) in [6, 6.07) is 51.3. The van der Waals surface area contributed by atoms with Crippen molar-refractivity contribution < 1.29 is 163 Å². The second-order valence-electron chi connectivity index (χ2n) is 22.3. The Kier molecular flexibility index (Phi) is 41.6. The molecule has 0 aliphatic rings. The first-order chi connectivity index (χ1) is 48.4. The van der Waals surface area contributed by atoms with Crippen molar-refractivity contribution in [3.8, 4) is 58.0 Å². The summed E-state index contributed by atoms with van der Waals surface area (Å²) in [6.07, 6.45) is 34.5. The standard InChI is InChI=1S/C14H10N3.2C12H14N3.C9H5F3N3.C9H5N4.C9H8N3O.C8H5FN3.7Ir/c1-2-6-12(7-3-1)14-16-10-11-17(14)13-8-4-5-9-15-13;1-12(2,3)10-8-13-9-15(10)11-6-4-5-7-14-11;1-12(2,3)11-14-8-9-15(11)10-6-4-5-7-13-10;10-9(11,12)8-14-5-6-15(8)7-3-1-2-4-13-7;1-10-9-12-6-7-13(9)8-4-2-3-5-11-8;1-13-9-5-7-12(11-9)8-4-2-3-6-10-8;9-7-4-6-12(11-7)8-3-1-2-5-10-8;;;;;;;/h1-10H;2*4-8H,1-3H3;1-5H;2-6H;2-6H,1H3;1-5H;;;;;;;/q7*-1;;;;;;;. The molecule has 23 nitrogen and oxygen atoms in total. The summed E-state index contributed by atoms with van der Waals surface area (Å²) in [5, 5.41) is 7.59. The zero-order valence-electron chi connectivity index (χ0n) is 57.2. The number of hydrogen-bond donors (Lipinski definition) is 0. The van der Waals surface area contributed by atoms with E-state index in [0.717, 1.165) is 63.0 Å². The van der Waals surface area contributed by atoms with Crippen LogP contribution in [-0.2, 0) is 158 Å². The normalized spacial score (nSPS) is 10.0. The predicted molar refractivity (Wildman–Crippen MR) is 362 cm³/mol. The number of alkyl halides is 3. The number of rotatable bonds is 9. The minimum atomic E-state index is -4.50. The van der Waals surface area contributed by atoms with Crippen LogP contribution in [0, 0.1) is 56.0 Å². The van der Waals surface area contributed by atoms with Crippen molar-refractivity contribution in [3.05, 3.63) is 322 Å². The van der Waals surface area contributed by atoms with Crippen LogP contribution in [0.25, 0.3) is 57.0 Å². The van der Waals surface area contributed by atoms with E-state index in [0.29, 0.717) is 17.5 Å². The molecule has 1 aromatic carbocycles. The van der Waals surface area contributed by atoms with Crippen LogP contribution in [0.5, 0.6) is 5.88 Å². The fraction of sp³-hybridized carbons (Fsp3) is 0.137. The van der Waals surface area contributed by atoms with E-state index in [1.165, 1.54) is 27.7 Å².